The molecule has 0 unspecified atom stereocenters. The van der Waals surface area contributed by atoms with Gasteiger partial charge in [-0.3, -0.25) is 4.79 Å². The summed E-state index contributed by atoms with van der Waals surface area (Å²) < 4.78 is 26.6. The van der Waals surface area contributed by atoms with E-state index in [4.69, 9.17) is 0 Å². The van der Waals surface area contributed by atoms with Gasteiger partial charge >= 0.3 is 5.97 Å². The normalized spacial score (nSPS) is 18.8. The Labute approximate surface area is 111 Å². The summed E-state index contributed by atoms with van der Waals surface area (Å²) in [5.41, 5.74) is -0.597. The zero-order chi connectivity index (χ0) is 13.9. The molecule has 0 atom stereocenters. The molecule has 0 radical (unpaired) electrons. The van der Waals surface area contributed by atoms with Crippen LogP contribution in [0.4, 0.5) is 8.78 Å². The Morgan fingerprint density at radius 1 is 1.16 bits per heavy atom. The van der Waals surface area contributed by atoms with Crippen molar-refractivity contribution in [2.24, 2.45) is 5.41 Å². The monoisotopic (exact) mass is 268 g/mol. The summed E-state index contributed by atoms with van der Waals surface area (Å²) in [7, 11) is 0. The highest BCUT2D eigenvalue weighted by molar-refractivity contribution is 5.75. The first-order chi connectivity index (χ1) is 9.03. The number of halogens is 2. The van der Waals surface area contributed by atoms with E-state index in [1.54, 1.807) is 0 Å². The highest BCUT2D eigenvalue weighted by Crippen LogP contribution is 2.39. The third-order valence-corrected chi connectivity index (χ3v) is 4.06. The van der Waals surface area contributed by atoms with Gasteiger partial charge in [0.05, 0.1) is 5.41 Å². The molecule has 1 aromatic carbocycles. The highest BCUT2D eigenvalue weighted by Gasteiger charge is 2.39. The maximum atomic E-state index is 13.7. The molecule has 0 amide bonds. The Balaban J connectivity index is 2.27. The Morgan fingerprint density at radius 2 is 1.79 bits per heavy atom. The van der Waals surface area contributed by atoms with Crippen LogP contribution < -0.4 is 0 Å². The number of hydrogen-bond donors (Lipinski definition) is 1. The molecule has 2 rings (SSSR count). The minimum absolute atomic E-state index is 0.147. The average Bonchev–Trinajstić information content (AvgIpc) is 2.59. The van der Waals surface area contributed by atoms with Crippen molar-refractivity contribution in [3.05, 3.63) is 35.4 Å². The van der Waals surface area contributed by atoms with Crippen molar-refractivity contribution in [3.63, 3.8) is 0 Å². The van der Waals surface area contributed by atoms with Crippen LogP contribution >= 0.6 is 0 Å². The third kappa shape index (κ3) is 3.11. The SMILES string of the molecule is O=C(O)C1(Cc2ccc(F)cc2F)CCCCCC1. The Morgan fingerprint density at radius 3 is 2.32 bits per heavy atom. The van der Waals surface area contributed by atoms with Gasteiger partial charge in [0.15, 0.2) is 0 Å². The molecule has 0 bridgehead atoms. The lowest BCUT2D eigenvalue weighted by atomic mass is 9.75. The number of hydrogen-bond acceptors (Lipinski definition) is 1. The van der Waals surface area contributed by atoms with Crippen LogP contribution in [-0.2, 0) is 11.2 Å². The number of carboxylic acid groups (broad SMARTS) is 1. The van der Waals surface area contributed by atoms with Crippen molar-refractivity contribution in [1.82, 2.24) is 0 Å². The fraction of sp³-hybridized carbons (Fsp3) is 0.533. The second kappa shape index (κ2) is 5.68. The molecule has 0 aliphatic heterocycles. The third-order valence-electron chi connectivity index (χ3n) is 4.06. The second-order valence-corrected chi connectivity index (χ2v) is 5.41. The number of carboxylic acids is 1. The summed E-state index contributed by atoms with van der Waals surface area (Å²) in [5, 5.41) is 9.52. The Bertz CT molecular complexity index is 463. The molecule has 1 saturated carbocycles. The van der Waals surface area contributed by atoms with Crippen LogP contribution in [0.25, 0.3) is 0 Å². The predicted octanol–water partition coefficient (Wildman–Crippen LogP) is 3.93. The van der Waals surface area contributed by atoms with Crippen molar-refractivity contribution in [1.29, 1.82) is 0 Å². The molecule has 1 fully saturated rings. The van der Waals surface area contributed by atoms with E-state index in [2.05, 4.69) is 0 Å². The van der Waals surface area contributed by atoms with E-state index < -0.39 is 23.0 Å². The van der Waals surface area contributed by atoms with E-state index in [1.807, 2.05) is 0 Å². The topological polar surface area (TPSA) is 37.3 Å². The smallest absolute Gasteiger partial charge is 0.309 e. The summed E-state index contributed by atoms with van der Waals surface area (Å²) in [6, 6.07) is 3.37. The molecule has 0 aromatic heterocycles. The lowest BCUT2D eigenvalue weighted by Crippen LogP contribution is -2.33. The maximum absolute atomic E-state index is 13.7. The fourth-order valence-corrected chi connectivity index (χ4v) is 2.90. The molecule has 4 heteroatoms. The molecule has 0 spiro atoms. The Hall–Kier alpha value is -1.45. The van der Waals surface area contributed by atoms with Gasteiger partial charge in [-0.05, 0) is 30.9 Å². The summed E-state index contributed by atoms with van der Waals surface area (Å²) in [5.74, 6) is -2.14. The predicted molar refractivity (Wildman–Crippen MR) is 67.8 cm³/mol. The van der Waals surface area contributed by atoms with Gasteiger partial charge in [0.2, 0.25) is 0 Å². The van der Waals surface area contributed by atoms with Crippen molar-refractivity contribution in [2.45, 2.75) is 44.9 Å². The van der Waals surface area contributed by atoms with Crippen LogP contribution in [0.3, 0.4) is 0 Å². The highest BCUT2D eigenvalue weighted by atomic mass is 19.1. The van der Waals surface area contributed by atoms with Gasteiger partial charge in [0.25, 0.3) is 0 Å². The first-order valence-corrected chi connectivity index (χ1v) is 6.71. The van der Waals surface area contributed by atoms with Crippen molar-refractivity contribution >= 4 is 5.97 Å². The van der Waals surface area contributed by atoms with Crippen molar-refractivity contribution < 1.29 is 18.7 Å². The lowest BCUT2D eigenvalue weighted by molar-refractivity contribution is -0.149. The van der Waals surface area contributed by atoms with Crippen LogP contribution in [0.15, 0.2) is 18.2 Å². The Kier molecular flexibility index (Phi) is 4.17. The van der Waals surface area contributed by atoms with E-state index in [1.165, 1.54) is 12.1 Å². The quantitative estimate of drug-likeness (QED) is 0.843. The number of carbonyl (C=O) groups is 1. The van der Waals surface area contributed by atoms with Gasteiger partial charge in [-0.2, -0.15) is 0 Å². The van der Waals surface area contributed by atoms with Crippen molar-refractivity contribution in [3.8, 4) is 0 Å². The van der Waals surface area contributed by atoms with E-state index in [0.29, 0.717) is 18.4 Å². The van der Waals surface area contributed by atoms with Gasteiger partial charge in [-0.1, -0.05) is 31.7 Å². The maximum Gasteiger partial charge on any atom is 0.309 e. The number of aliphatic carboxylic acids is 1. The molecular weight excluding hydrogens is 250 g/mol. The van der Waals surface area contributed by atoms with Gasteiger partial charge in [0, 0.05) is 6.07 Å². The van der Waals surface area contributed by atoms with E-state index in [0.717, 1.165) is 31.7 Å². The van der Waals surface area contributed by atoms with Gasteiger partial charge in [-0.25, -0.2) is 8.78 Å². The first kappa shape index (κ1) is 14.0. The first-order valence-electron chi connectivity index (χ1n) is 6.71. The summed E-state index contributed by atoms with van der Waals surface area (Å²) >= 11 is 0. The standard InChI is InChI=1S/C15H18F2O2/c16-12-6-5-11(13(17)9-12)10-15(14(18)19)7-3-1-2-4-8-15/h5-6,9H,1-4,7-8,10H2,(H,18,19). The molecule has 0 saturated heterocycles. The minimum atomic E-state index is -0.894. The average molecular weight is 268 g/mol. The zero-order valence-corrected chi connectivity index (χ0v) is 10.8. The number of rotatable bonds is 3. The number of benzene rings is 1. The van der Waals surface area contributed by atoms with Crippen molar-refractivity contribution in [2.75, 3.05) is 0 Å². The summed E-state index contributed by atoms with van der Waals surface area (Å²) in [6.45, 7) is 0. The van der Waals surface area contributed by atoms with Crippen LogP contribution in [0.1, 0.15) is 44.1 Å². The fourth-order valence-electron chi connectivity index (χ4n) is 2.90. The van der Waals surface area contributed by atoms with E-state index in [9.17, 15) is 18.7 Å². The minimum Gasteiger partial charge on any atom is -0.481 e. The van der Waals surface area contributed by atoms with Crippen LogP contribution in [0.2, 0.25) is 0 Å². The molecule has 1 aliphatic rings. The summed E-state index contributed by atoms with van der Waals surface area (Å²) in [4.78, 5) is 11.6. The molecule has 0 heterocycles. The van der Waals surface area contributed by atoms with Gasteiger partial charge in [0.1, 0.15) is 11.6 Å². The lowest BCUT2D eigenvalue weighted by Gasteiger charge is -2.28. The molecule has 1 aliphatic carbocycles. The van der Waals surface area contributed by atoms with E-state index in [-0.39, 0.29) is 6.42 Å². The van der Waals surface area contributed by atoms with Gasteiger partial charge < -0.3 is 5.11 Å². The molecule has 2 nitrogen and oxygen atoms in total. The summed E-state index contributed by atoms with van der Waals surface area (Å²) in [6.07, 6.45) is 5.05. The molecule has 1 N–H and O–H groups in total. The largest absolute Gasteiger partial charge is 0.481 e. The molecule has 1 aromatic rings. The molecule has 19 heavy (non-hydrogen) atoms. The van der Waals surface area contributed by atoms with Gasteiger partial charge in [-0.15, -0.1) is 0 Å². The van der Waals surface area contributed by atoms with Crippen LogP contribution in [0.5, 0.6) is 0 Å². The van der Waals surface area contributed by atoms with Crippen LogP contribution in [-0.4, -0.2) is 11.1 Å². The van der Waals surface area contributed by atoms with E-state index >= 15 is 0 Å². The molecule has 104 valence electrons. The zero-order valence-electron chi connectivity index (χ0n) is 10.8. The second-order valence-electron chi connectivity index (χ2n) is 5.41. The van der Waals surface area contributed by atoms with Crippen LogP contribution in [0, 0.1) is 17.0 Å². The molecular formula is C15H18F2O2.